The second-order valence-electron chi connectivity index (χ2n) is 3.35. The van der Waals surface area contributed by atoms with Gasteiger partial charge in [0.2, 0.25) is 5.76 Å². The minimum atomic E-state index is -3.93. The predicted octanol–water partition coefficient (Wildman–Crippen LogP) is 1.08. The largest absolute Gasteiger partial charge is 0.475 e. The number of hydrogen-bond acceptors (Lipinski definition) is 6. The minimum Gasteiger partial charge on any atom is -0.475 e. The molecule has 2 aromatic rings. The highest BCUT2D eigenvalue weighted by molar-refractivity contribution is 7.92. The SMILES string of the molecule is Cc1oc(C(=O)O)cc1S(=O)(=O)Nc1cnoc1. The fourth-order valence-electron chi connectivity index (χ4n) is 1.30. The summed E-state index contributed by atoms with van der Waals surface area (Å²) in [4.78, 5) is 10.4. The van der Waals surface area contributed by atoms with Crippen LogP contribution in [0.15, 0.2) is 32.4 Å². The first kappa shape index (κ1) is 12.2. The van der Waals surface area contributed by atoms with Gasteiger partial charge in [-0.3, -0.25) is 4.72 Å². The number of anilines is 1. The molecule has 9 heteroatoms. The molecule has 0 radical (unpaired) electrons. The van der Waals surface area contributed by atoms with E-state index in [1.54, 1.807) is 0 Å². The molecule has 0 fully saturated rings. The van der Waals surface area contributed by atoms with Gasteiger partial charge in [-0.25, -0.2) is 13.2 Å². The van der Waals surface area contributed by atoms with Gasteiger partial charge < -0.3 is 14.0 Å². The van der Waals surface area contributed by atoms with Crippen LogP contribution < -0.4 is 4.72 Å². The van der Waals surface area contributed by atoms with Crippen LogP contribution in [-0.2, 0) is 10.0 Å². The fourth-order valence-corrected chi connectivity index (χ4v) is 2.51. The third-order valence-corrected chi connectivity index (χ3v) is 3.55. The summed E-state index contributed by atoms with van der Waals surface area (Å²) < 4.78 is 35.3. The summed E-state index contributed by atoms with van der Waals surface area (Å²) in [6.07, 6.45) is 2.27. The molecule has 2 N–H and O–H groups in total. The summed E-state index contributed by atoms with van der Waals surface area (Å²) in [5.74, 6) is -1.81. The van der Waals surface area contributed by atoms with E-state index in [0.29, 0.717) is 0 Å². The van der Waals surface area contributed by atoms with Gasteiger partial charge in [-0.2, -0.15) is 0 Å². The Morgan fingerprint density at radius 3 is 2.72 bits per heavy atom. The molecule has 0 bridgehead atoms. The van der Waals surface area contributed by atoms with Crippen molar-refractivity contribution in [3.05, 3.63) is 30.0 Å². The summed E-state index contributed by atoms with van der Waals surface area (Å²) >= 11 is 0. The van der Waals surface area contributed by atoms with Crippen LogP contribution in [0.4, 0.5) is 5.69 Å². The summed E-state index contributed by atoms with van der Waals surface area (Å²) in [5.41, 5.74) is 0.132. The molecular formula is C9H8N2O6S. The van der Waals surface area contributed by atoms with Crippen molar-refractivity contribution >= 4 is 21.7 Å². The Balaban J connectivity index is 2.38. The maximum absolute atomic E-state index is 11.9. The van der Waals surface area contributed by atoms with E-state index in [2.05, 4.69) is 14.4 Å². The van der Waals surface area contributed by atoms with Crippen LogP contribution in [0, 0.1) is 6.92 Å². The molecule has 0 aromatic carbocycles. The Kier molecular flexibility index (Phi) is 2.83. The number of carboxylic acids is 1. The number of sulfonamides is 1. The number of rotatable bonds is 4. The van der Waals surface area contributed by atoms with E-state index in [9.17, 15) is 13.2 Å². The third kappa shape index (κ3) is 2.20. The minimum absolute atomic E-state index is 0.0173. The van der Waals surface area contributed by atoms with Crippen LogP contribution in [0.2, 0.25) is 0 Å². The van der Waals surface area contributed by atoms with Gasteiger partial charge in [-0.15, -0.1) is 0 Å². The number of aromatic nitrogens is 1. The van der Waals surface area contributed by atoms with E-state index in [4.69, 9.17) is 9.52 Å². The molecular weight excluding hydrogens is 264 g/mol. The molecule has 0 amide bonds. The Morgan fingerprint density at radius 1 is 1.50 bits per heavy atom. The van der Waals surface area contributed by atoms with Crippen LogP contribution >= 0.6 is 0 Å². The number of carboxylic acid groups (broad SMARTS) is 1. The first-order valence-electron chi connectivity index (χ1n) is 4.66. The Labute approximate surface area is 101 Å². The summed E-state index contributed by atoms with van der Waals surface area (Å²) in [6.45, 7) is 1.36. The van der Waals surface area contributed by atoms with Gasteiger partial charge in [-0.1, -0.05) is 5.16 Å². The average molecular weight is 272 g/mol. The molecule has 8 nitrogen and oxygen atoms in total. The molecule has 2 aromatic heterocycles. The van der Waals surface area contributed by atoms with E-state index in [1.807, 2.05) is 0 Å². The van der Waals surface area contributed by atoms with E-state index < -0.39 is 21.8 Å². The lowest BCUT2D eigenvalue weighted by molar-refractivity contribution is 0.0661. The van der Waals surface area contributed by atoms with Gasteiger partial charge in [0.15, 0.2) is 0 Å². The summed E-state index contributed by atoms with van der Waals surface area (Å²) in [6, 6.07) is 0.938. The molecule has 0 saturated heterocycles. The fraction of sp³-hybridized carbons (Fsp3) is 0.111. The van der Waals surface area contributed by atoms with E-state index >= 15 is 0 Å². The van der Waals surface area contributed by atoms with Crippen molar-refractivity contribution in [2.75, 3.05) is 4.72 Å². The standard InChI is InChI=1S/C9H8N2O6S/c1-5-8(2-7(17-5)9(12)13)18(14,15)11-6-3-10-16-4-6/h2-4,11H,1H3,(H,12,13). The number of aryl methyl sites for hydroxylation is 1. The summed E-state index contributed by atoms with van der Waals surface area (Å²) in [7, 11) is -3.93. The zero-order valence-electron chi connectivity index (χ0n) is 9.08. The first-order valence-corrected chi connectivity index (χ1v) is 6.14. The number of aromatic carboxylic acids is 1. The molecule has 2 heterocycles. The van der Waals surface area contributed by atoms with Crippen molar-refractivity contribution < 1.29 is 27.3 Å². The number of nitrogens with one attached hydrogen (secondary N) is 1. The van der Waals surface area contributed by atoms with E-state index in [0.717, 1.165) is 12.3 Å². The van der Waals surface area contributed by atoms with Gasteiger partial charge in [0.05, 0.1) is 6.20 Å². The predicted molar refractivity (Wildman–Crippen MR) is 57.7 cm³/mol. The zero-order chi connectivity index (χ0) is 13.3. The van der Waals surface area contributed by atoms with Crippen LogP contribution in [0.5, 0.6) is 0 Å². The lowest BCUT2D eigenvalue weighted by Gasteiger charge is -2.02. The van der Waals surface area contributed by atoms with Gasteiger partial charge >= 0.3 is 5.97 Å². The van der Waals surface area contributed by atoms with Gasteiger partial charge in [0.1, 0.15) is 22.6 Å². The lowest BCUT2D eigenvalue weighted by Crippen LogP contribution is -2.12. The van der Waals surface area contributed by atoms with Crippen molar-refractivity contribution in [1.82, 2.24) is 5.16 Å². The topological polar surface area (TPSA) is 123 Å². The molecule has 0 unspecified atom stereocenters. The second kappa shape index (κ2) is 4.18. The molecule has 0 saturated carbocycles. The summed E-state index contributed by atoms with van der Waals surface area (Å²) in [5, 5.41) is 12.0. The number of carbonyl (C=O) groups is 1. The molecule has 18 heavy (non-hydrogen) atoms. The highest BCUT2D eigenvalue weighted by Crippen LogP contribution is 2.22. The average Bonchev–Trinajstić information content (AvgIpc) is 2.86. The molecule has 0 spiro atoms. The van der Waals surface area contributed by atoms with Crippen LogP contribution in [-0.4, -0.2) is 24.7 Å². The van der Waals surface area contributed by atoms with Gasteiger partial charge in [0, 0.05) is 6.07 Å². The van der Waals surface area contributed by atoms with E-state index in [-0.39, 0.29) is 16.3 Å². The van der Waals surface area contributed by atoms with Crippen molar-refractivity contribution in [3.63, 3.8) is 0 Å². The molecule has 0 atom stereocenters. The second-order valence-corrected chi connectivity index (χ2v) is 5.01. The highest BCUT2D eigenvalue weighted by Gasteiger charge is 2.24. The Hall–Kier alpha value is -2.29. The number of nitrogens with zero attached hydrogens (tertiary/aromatic N) is 1. The monoisotopic (exact) mass is 272 g/mol. The van der Waals surface area contributed by atoms with Crippen molar-refractivity contribution in [3.8, 4) is 0 Å². The van der Waals surface area contributed by atoms with Gasteiger partial charge in [0.25, 0.3) is 10.0 Å². The maximum Gasteiger partial charge on any atom is 0.371 e. The number of hydrogen-bond donors (Lipinski definition) is 2. The normalized spacial score (nSPS) is 11.4. The Morgan fingerprint density at radius 2 is 2.22 bits per heavy atom. The molecule has 0 aliphatic heterocycles. The molecule has 2 rings (SSSR count). The quantitative estimate of drug-likeness (QED) is 0.853. The smallest absolute Gasteiger partial charge is 0.371 e. The highest BCUT2D eigenvalue weighted by atomic mass is 32.2. The van der Waals surface area contributed by atoms with Crippen molar-refractivity contribution in [1.29, 1.82) is 0 Å². The molecule has 0 aliphatic rings. The van der Waals surface area contributed by atoms with E-state index in [1.165, 1.54) is 13.1 Å². The molecule has 96 valence electrons. The lowest BCUT2D eigenvalue weighted by atomic mass is 10.4. The molecule has 0 aliphatic carbocycles. The zero-order valence-corrected chi connectivity index (χ0v) is 9.89. The Bertz CT molecular complexity index is 670. The van der Waals surface area contributed by atoms with Crippen molar-refractivity contribution in [2.45, 2.75) is 11.8 Å². The number of furan rings is 1. The van der Waals surface area contributed by atoms with Crippen LogP contribution in [0.3, 0.4) is 0 Å². The first-order chi connectivity index (χ1) is 8.40. The third-order valence-electron chi connectivity index (χ3n) is 2.06. The van der Waals surface area contributed by atoms with Crippen LogP contribution in [0.25, 0.3) is 0 Å². The van der Waals surface area contributed by atoms with Crippen LogP contribution in [0.1, 0.15) is 16.3 Å². The van der Waals surface area contributed by atoms with Crippen molar-refractivity contribution in [2.24, 2.45) is 0 Å². The maximum atomic E-state index is 11.9. The van der Waals surface area contributed by atoms with Gasteiger partial charge in [-0.05, 0) is 6.92 Å².